The quantitative estimate of drug-likeness (QED) is 0.582. The summed E-state index contributed by atoms with van der Waals surface area (Å²) >= 11 is 6.21. The number of methoxy groups -OCH3 is 1. The molecule has 0 radical (unpaired) electrons. The minimum Gasteiger partial charge on any atom is -0.465 e. The van der Waals surface area contributed by atoms with Crippen LogP contribution in [-0.2, 0) is 4.74 Å². The summed E-state index contributed by atoms with van der Waals surface area (Å²) in [4.78, 5) is 19.3. The van der Waals surface area contributed by atoms with E-state index in [1.54, 1.807) is 25.1 Å². The Morgan fingerprint density at radius 2 is 2.22 bits per heavy atom. The highest BCUT2D eigenvalue weighted by atomic mass is 35.5. The first-order chi connectivity index (χ1) is 8.58. The summed E-state index contributed by atoms with van der Waals surface area (Å²) in [5, 5.41) is 0.853. The first-order valence-corrected chi connectivity index (χ1v) is 5.52. The molecular formula is C13H9ClN2O2. The van der Waals surface area contributed by atoms with Gasteiger partial charge in [0.05, 0.1) is 29.9 Å². The van der Waals surface area contributed by atoms with Crippen LogP contribution in [0.15, 0.2) is 18.2 Å². The number of nitrogens with zero attached hydrogens (tertiary/aromatic N) is 2. The molecule has 0 saturated carbocycles. The van der Waals surface area contributed by atoms with Gasteiger partial charge in [-0.15, -0.1) is 0 Å². The molecule has 1 aromatic carbocycles. The van der Waals surface area contributed by atoms with Crippen molar-refractivity contribution in [1.29, 1.82) is 0 Å². The van der Waals surface area contributed by atoms with Crippen molar-refractivity contribution in [3.8, 4) is 0 Å². The first kappa shape index (κ1) is 12.3. The molecule has 2 aromatic rings. The predicted octanol–water partition coefficient (Wildman–Crippen LogP) is 3.53. The molecule has 4 nitrogen and oxygen atoms in total. The van der Waals surface area contributed by atoms with Gasteiger partial charge < -0.3 is 4.74 Å². The Bertz CT molecular complexity index is 689. The number of carbonyl (C=O) groups is 1. The summed E-state index contributed by atoms with van der Waals surface area (Å²) in [5.41, 5.74) is 1.85. The molecule has 90 valence electrons. The van der Waals surface area contributed by atoms with Crippen LogP contribution in [0.2, 0.25) is 5.02 Å². The molecule has 0 bridgehead atoms. The minimum atomic E-state index is -0.528. The van der Waals surface area contributed by atoms with E-state index in [-0.39, 0.29) is 10.6 Å². The molecule has 0 amide bonds. The lowest BCUT2D eigenvalue weighted by Crippen LogP contribution is -2.06. The van der Waals surface area contributed by atoms with Crippen LogP contribution in [0.3, 0.4) is 0 Å². The van der Waals surface area contributed by atoms with Gasteiger partial charge in [0.15, 0.2) is 5.69 Å². The second-order valence-electron chi connectivity index (χ2n) is 3.69. The molecule has 0 unspecified atom stereocenters. The van der Waals surface area contributed by atoms with Gasteiger partial charge in [0.25, 0.3) is 0 Å². The molecule has 0 fully saturated rings. The fraction of sp³-hybridized carbons (Fsp3) is 0.154. The van der Waals surface area contributed by atoms with E-state index in [1.807, 2.05) is 0 Å². The SMILES string of the molecule is [C-]#[N+]c1ccc2nc(C)c(C(=O)OC)c(Cl)c2c1. The normalized spacial score (nSPS) is 10.1. The molecule has 0 N–H and O–H groups in total. The van der Waals surface area contributed by atoms with Gasteiger partial charge in [-0.1, -0.05) is 17.7 Å². The van der Waals surface area contributed by atoms with Crippen LogP contribution < -0.4 is 0 Å². The van der Waals surface area contributed by atoms with Gasteiger partial charge in [-0.05, 0) is 19.1 Å². The number of aromatic nitrogens is 1. The van der Waals surface area contributed by atoms with E-state index < -0.39 is 5.97 Å². The zero-order chi connectivity index (χ0) is 13.3. The van der Waals surface area contributed by atoms with Crippen LogP contribution in [0.25, 0.3) is 15.7 Å². The molecule has 0 aliphatic carbocycles. The standard InChI is InChI=1S/C13H9ClN2O2/c1-7-11(13(17)18-3)12(14)9-6-8(15-2)4-5-10(9)16-7/h4-6H,1,3H3. The summed E-state index contributed by atoms with van der Waals surface area (Å²) in [5.74, 6) is -0.528. The Balaban J connectivity index is 2.83. The highest BCUT2D eigenvalue weighted by Gasteiger charge is 2.18. The van der Waals surface area contributed by atoms with Crippen molar-refractivity contribution in [1.82, 2.24) is 4.98 Å². The third-order valence-electron chi connectivity index (χ3n) is 2.60. The van der Waals surface area contributed by atoms with Crippen LogP contribution in [0.1, 0.15) is 16.1 Å². The Morgan fingerprint density at radius 1 is 1.50 bits per heavy atom. The summed E-state index contributed by atoms with van der Waals surface area (Å²) in [6.45, 7) is 8.67. The van der Waals surface area contributed by atoms with Crippen LogP contribution in [0.4, 0.5) is 5.69 Å². The predicted molar refractivity (Wildman–Crippen MR) is 69.1 cm³/mol. The van der Waals surface area contributed by atoms with E-state index in [1.165, 1.54) is 7.11 Å². The highest BCUT2D eigenvalue weighted by molar-refractivity contribution is 6.38. The van der Waals surface area contributed by atoms with Gasteiger partial charge in [-0.25, -0.2) is 9.64 Å². The molecule has 0 atom stereocenters. The topological polar surface area (TPSA) is 43.5 Å². The number of pyridine rings is 1. The number of benzene rings is 1. The van der Waals surface area contributed by atoms with Crippen LogP contribution >= 0.6 is 11.6 Å². The molecule has 5 heteroatoms. The molecule has 0 spiro atoms. The Hall–Kier alpha value is -2.12. The van der Waals surface area contributed by atoms with Crippen molar-refractivity contribution < 1.29 is 9.53 Å². The Labute approximate surface area is 109 Å². The second kappa shape index (κ2) is 4.63. The van der Waals surface area contributed by atoms with Crippen molar-refractivity contribution >= 4 is 34.2 Å². The van der Waals surface area contributed by atoms with Crippen molar-refractivity contribution in [2.45, 2.75) is 6.92 Å². The number of fused-ring (bicyclic) bond motifs is 1. The summed E-state index contributed by atoms with van der Waals surface area (Å²) in [6, 6.07) is 4.99. The average Bonchev–Trinajstić information content (AvgIpc) is 2.38. The molecule has 18 heavy (non-hydrogen) atoms. The second-order valence-corrected chi connectivity index (χ2v) is 4.07. The smallest absolute Gasteiger partial charge is 0.341 e. The van der Waals surface area contributed by atoms with Gasteiger partial charge in [0.1, 0.15) is 5.56 Å². The Kier molecular flexibility index (Phi) is 3.17. The fourth-order valence-corrected chi connectivity index (χ4v) is 2.10. The van der Waals surface area contributed by atoms with Gasteiger partial charge >= 0.3 is 5.97 Å². The maximum absolute atomic E-state index is 11.6. The third kappa shape index (κ3) is 1.89. The van der Waals surface area contributed by atoms with E-state index in [4.69, 9.17) is 18.2 Å². The van der Waals surface area contributed by atoms with Gasteiger partial charge in [0.2, 0.25) is 0 Å². The number of halogens is 1. The molecule has 0 saturated heterocycles. The number of esters is 1. The molecule has 0 aliphatic heterocycles. The monoisotopic (exact) mass is 260 g/mol. The third-order valence-corrected chi connectivity index (χ3v) is 3.00. The Morgan fingerprint density at radius 3 is 2.83 bits per heavy atom. The van der Waals surface area contributed by atoms with E-state index in [2.05, 4.69) is 14.6 Å². The van der Waals surface area contributed by atoms with Crippen LogP contribution in [0.5, 0.6) is 0 Å². The molecule has 1 heterocycles. The lowest BCUT2D eigenvalue weighted by molar-refractivity contribution is 0.0600. The molecular weight excluding hydrogens is 252 g/mol. The van der Waals surface area contributed by atoms with Crippen molar-refractivity contribution in [3.05, 3.63) is 45.9 Å². The number of aryl methyl sites for hydroxylation is 1. The zero-order valence-corrected chi connectivity index (χ0v) is 10.6. The zero-order valence-electron chi connectivity index (χ0n) is 9.82. The minimum absolute atomic E-state index is 0.244. The van der Waals surface area contributed by atoms with Crippen molar-refractivity contribution in [2.75, 3.05) is 7.11 Å². The first-order valence-electron chi connectivity index (χ1n) is 5.14. The maximum Gasteiger partial charge on any atom is 0.341 e. The van der Waals surface area contributed by atoms with Crippen LogP contribution in [-0.4, -0.2) is 18.1 Å². The van der Waals surface area contributed by atoms with E-state index in [0.29, 0.717) is 22.3 Å². The van der Waals surface area contributed by atoms with E-state index in [9.17, 15) is 4.79 Å². The number of hydrogen-bond donors (Lipinski definition) is 0. The highest BCUT2D eigenvalue weighted by Crippen LogP contribution is 2.31. The van der Waals surface area contributed by atoms with Gasteiger partial charge in [0, 0.05) is 5.39 Å². The van der Waals surface area contributed by atoms with Gasteiger partial charge in [-0.3, -0.25) is 4.98 Å². The lowest BCUT2D eigenvalue weighted by atomic mass is 10.1. The van der Waals surface area contributed by atoms with Crippen LogP contribution in [0, 0.1) is 13.5 Å². The molecule has 0 aliphatic rings. The molecule has 1 aromatic heterocycles. The summed E-state index contributed by atoms with van der Waals surface area (Å²) in [7, 11) is 1.29. The van der Waals surface area contributed by atoms with Gasteiger partial charge in [-0.2, -0.15) is 0 Å². The largest absolute Gasteiger partial charge is 0.465 e. The number of hydrogen-bond acceptors (Lipinski definition) is 3. The summed E-state index contributed by atoms with van der Waals surface area (Å²) < 4.78 is 4.68. The van der Waals surface area contributed by atoms with E-state index >= 15 is 0 Å². The van der Waals surface area contributed by atoms with E-state index in [0.717, 1.165) is 0 Å². The fourth-order valence-electron chi connectivity index (χ4n) is 1.74. The maximum atomic E-state index is 11.6. The average molecular weight is 261 g/mol. The molecule has 2 rings (SSSR count). The number of rotatable bonds is 1. The summed E-state index contributed by atoms with van der Waals surface area (Å²) in [6.07, 6.45) is 0. The van der Waals surface area contributed by atoms with Crippen molar-refractivity contribution in [3.63, 3.8) is 0 Å². The number of carbonyl (C=O) groups excluding carboxylic acids is 1. The number of ether oxygens (including phenoxy) is 1. The lowest BCUT2D eigenvalue weighted by Gasteiger charge is -2.09. The van der Waals surface area contributed by atoms with Crippen molar-refractivity contribution in [2.24, 2.45) is 0 Å².